The van der Waals surface area contributed by atoms with Crippen molar-refractivity contribution in [3.63, 3.8) is 0 Å². The minimum absolute atomic E-state index is 0.302. The number of methoxy groups -OCH3 is 1. The van der Waals surface area contributed by atoms with Gasteiger partial charge in [0.2, 0.25) is 0 Å². The molecule has 0 fully saturated rings. The fraction of sp³-hybridized carbons (Fsp3) is 0.400. The van der Waals surface area contributed by atoms with Crippen molar-refractivity contribution in [3.05, 3.63) is 48.0 Å². The van der Waals surface area contributed by atoms with Gasteiger partial charge < -0.3 is 9.47 Å². The van der Waals surface area contributed by atoms with Crippen LogP contribution >= 0.6 is 0 Å². The molecule has 0 aliphatic heterocycles. The highest BCUT2D eigenvalue weighted by Crippen LogP contribution is 2.09. The Labute approximate surface area is 108 Å². The van der Waals surface area contributed by atoms with Crippen molar-refractivity contribution >= 4 is 5.97 Å². The fourth-order valence-electron chi connectivity index (χ4n) is 1.51. The largest absolute Gasteiger partial charge is 0.457 e. The van der Waals surface area contributed by atoms with Crippen LogP contribution in [0.1, 0.15) is 24.8 Å². The molecule has 98 valence electrons. The third-order valence-corrected chi connectivity index (χ3v) is 2.58. The van der Waals surface area contributed by atoms with Crippen molar-refractivity contribution in [1.82, 2.24) is 0 Å². The molecule has 0 aliphatic carbocycles. The smallest absolute Gasteiger partial charge is 0.333 e. The Morgan fingerprint density at radius 2 is 1.94 bits per heavy atom. The molecule has 3 heteroatoms. The van der Waals surface area contributed by atoms with Crippen molar-refractivity contribution in [1.29, 1.82) is 0 Å². The number of carbonyl (C=O) groups excluding carboxylic acids is 1. The van der Waals surface area contributed by atoms with Gasteiger partial charge in [-0.3, -0.25) is 0 Å². The van der Waals surface area contributed by atoms with Gasteiger partial charge in [-0.2, -0.15) is 0 Å². The summed E-state index contributed by atoms with van der Waals surface area (Å²) in [5.41, 5.74) is 1.51. The monoisotopic (exact) mass is 248 g/mol. The first kappa shape index (κ1) is 14.5. The van der Waals surface area contributed by atoms with Crippen molar-refractivity contribution in [2.75, 3.05) is 13.7 Å². The number of hydrogen-bond acceptors (Lipinski definition) is 3. The van der Waals surface area contributed by atoms with Crippen LogP contribution in [0.4, 0.5) is 0 Å². The second kappa shape index (κ2) is 8.48. The van der Waals surface area contributed by atoms with Gasteiger partial charge >= 0.3 is 5.97 Å². The molecule has 0 bridgehead atoms. The zero-order valence-electron chi connectivity index (χ0n) is 10.9. The van der Waals surface area contributed by atoms with Crippen molar-refractivity contribution in [3.8, 4) is 0 Å². The summed E-state index contributed by atoms with van der Waals surface area (Å²) in [6.45, 7) is 4.77. The van der Waals surface area contributed by atoms with Crippen LogP contribution in [-0.2, 0) is 20.9 Å². The highest BCUT2D eigenvalue weighted by Gasteiger charge is 2.08. The average molecular weight is 248 g/mol. The minimum atomic E-state index is -0.309. The molecule has 3 nitrogen and oxygen atoms in total. The molecule has 0 saturated heterocycles. The Balaban J connectivity index is 2.22. The van der Waals surface area contributed by atoms with Crippen LogP contribution in [0.5, 0.6) is 0 Å². The maximum absolute atomic E-state index is 11.6. The average Bonchev–Trinajstić information content (AvgIpc) is 2.42. The Morgan fingerprint density at radius 1 is 1.22 bits per heavy atom. The molecule has 18 heavy (non-hydrogen) atoms. The molecule has 0 atom stereocenters. The quantitative estimate of drug-likeness (QED) is 0.403. The van der Waals surface area contributed by atoms with Crippen LogP contribution in [0.25, 0.3) is 0 Å². The summed E-state index contributed by atoms with van der Waals surface area (Å²) in [5, 5.41) is 0. The highest BCUT2D eigenvalue weighted by molar-refractivity contribution is 5.87. The summed E-state index contributed by atoms with van der Waals surface area (Å²) < 4.78 is 10.1. The summed E-state index contributed by atoms with van der Waals surface area (Å²) >= 11 is 0. The molecule has 1 aromatic rings. The Hall–Kier alpha value is -1.61. The summed E-state index contributed by atoms with van der Waals surface area (Å²) in [6.07, 6.45) is 2.49. The van der Waals surface area contributed by atoms with Gasteiger partial charge in [-0.1, -0.05) is 36.9 Å². The fourth-order valence-corrected chi connectivity index (χ4v) is 1.51. The molecule has 0 aromatic heterocycles. The van der Waals surface area contributed by atoms with E-state index in [1.165, 1.54) is 0 Å². The Kier molecular flexibility index (Phi) is 6.81. The molecule has 0 spiro atoms. The van der Waals surface area contributed by atoms with Gasteiger partial charge in [0.15, 0.2) is 0 Å². The molecule has 0 aliphatic rings. The van der Waals surface area contributed by atoms with E-state index in [9.17, 15) is 4.79 Å². The first-order chi connectivity index (χ1) is 8.74. The first-order valence-electron chi connectivity index (χ1n) is 6.12. The summed E-state index contributed by atoms with van der Waals surface area (Å²) in [7, 11) is 1.67. The molecule has 0 heterocycles. The van der Waals surface area contributed by atoms with Gasteiger partial charge in [-0.15, -0.1) is 0 Å². The molecular formula is C15H20O3. The summed E-state index contributed by atoms with van der Waals surface area (Å²) in [5.74, 6) is -0.309. The SMILES string of the molecule is C=C(CCCCOC)C(=O)OCc1ccccc1. The van der Waals surface area contributed by atoms with Gasteiger partial charge in [0.25, 0.3) is 0 Å². The molecule has 0 unspecified atom stereocenters. The normalized spacial score (nSPS) is 10.1. The van der Waals surface area contributed by atoms with E-state index in [1.54, 1.807) is 7.11 Å². The predicted molar refractivity (Wildman–Crippen MR) is 71.1 cm³/mol. The maximum Gasteiger partial charge on any atom is 0.333 e. The molecule has 0 radical (unpaired) electrons. The number of rotatable bonds is 8. The lowest BCUT2D eigenvalue weighted by molar-refractivity contribution is -0.140. The molecule has 0 N–H and O–H groups in total. The maximum atomic E-state index is 11.6. The zero-order chi connectivity index (χ0) is 13.2. The van der Waals surface area contributed by atoms with E-state index in [4.69, 9.17) is 9.47 Å². The Morgan fingerprint density at radius 3 is 2.61 bits per heavy atom. The van der Waals surface area contributed by atoms with Crippen LogP contribution in [0, 0.1) is 0 Å². The van der Waals surface area contributed by atoms with E-state index in [0.29, 0.717) is 25.2 Å². The second-order valence-electron chi connectivity index (χ2n) is 4.12. The van der Waals surface area contributed by atoms with E-state index >= 15 is 0 Å². The molecular weight excluding hydrogens is 228 g/mol. The van der Waals surface area contributed by atoms with E-state index in [2.05, 4.69) is 6.58 Å². The van der Waals surface area contributed by atoms with Gasteiger partial charge in [-0.25, -0.2) is 4.79 Å². The van der Waals surface area contributed by atoms with Gasteiger partial charge in [0, 0.05) is 19.3 Å². The van der Waals surface area contributed by atoms with Crippen LogP contribution in [0.15, 0.2) is 42.5 Å². The number of esters is 1. The highest BCUT2D eigenvalue weighted by atomic mass is 16.5. The number of hydrogen-bond donors (Lipinski definition) is 0. The van der Waals surface area contributed by atoms with Crippen molar-refractivity contribution < 1.29 is 14.3 Å². The van der Waals surface area contributed by atoms with Crippen LogP contribution < -0.4 is 0 Å². The van der Waals surface area contributed by atoms with Gasteiger partial charge in [0.05, 0.1) is 0 Å². The lowest BCUT2D eigenvalue weighted by Crippen LogP contribution is -2.07. The number of unbranched alkanes of at least 4 members (excludes halogenated alkanes) is 1. The van der Waals surface area contributed by atoms with E-state index < -0.39 is 0 Å². The second-order valence-corrected chi connectivity index (χ2v) is 4.12. The van der Waals surface area contributed by atoms with Crippen molar-refractivity contribution in [2.45, 2.75) is 25.9 Å². The molecule has 0 amide bonds. The third kappa shape index (κ3) is 5.64. The summed E-state index contributed by atoms with van der Waals surface area (Å²) in [6, 6.07) is 9.62. The zero-order valence-corrected chi connectivity index (χ0v) is 10.9. The van der Waals surface area contributed by atoms with E-state index in [-0.39, 0.29) is 5.97 Å². The number of ether oxygens (including phenoxy) is 2. The van der Waals surface area contributed by atoms with Crippen molar-refractivity contribution in [2.24, 2.45) is 0 Å². The Bertz CT molecular complexity index is 371. The van der Waals surface area contributed by atoms with Crippen LogP contribution in [0.3, 0.4) is 0 Å². The number of benzene rings is 1. The molecule has 1 rings (SSSR count). The van der Waals surface area contributed by atoms with E-state index in [0.717, 1.165) is 18.4 Å². The third-order valence-electron chi connectivity index (χ3n) is 2.58. The van der Waals surface area contributed by atoms with Crippen LogP contribution in [-0.4, -0.2) is 19.7 Å². The lowest BCUT2D eigenvalue weighted by atomic mass is 10.1. The molecule has 1 aromatic carbocycles. The van der Waals surface area contributed by atoms with Crippen LogP contribution in [0.2, 0.25) is 0 Å². The standard InChI is InChI=1S/C15H20O3/c1-13(8-6-7-11-17-2)15(16)18-12-14-9-4-3-5-10-14/h3-5,9-10H,1,6-8,11-12H2,2H3. The predicted octanol–water partition coefficient (Wildman–Crippen LogP) is 3.10. The summed E-state index contributed by atoms with van der Waals surface area (Å²) in [4.78, 5) is 11.6. The van der Waals surface area contributed by atoms with E-state index in [1.807, 2.05) is 30.3 Å². The van der Waals surface area contributed by atoms with Gasteiger partial charge in [0.1, 0.15) is 6.61 Å². The number of carbonyl (C=O) groups is 1. The molecule has 0 saturated carbocycles. The van der Waals surface area contributed by atoms with Gasteiger partial charge in [-0.05, 0) is 24.8 Å². The lowest BCUT2D eigenvalue weighted by Gasteiger charge is -2.07. The topological polar surface area (TPSA) is 35.5 Å². The minimum Gasteiger partial charge on any atom is -0.457 e. The first-order valence-corrected chi connectivity index (χ1v) is 6.12.